The van der Waals surface area contributed by atoms with Gasteiger partial charge in [0.25, 0.3) is 5.91 Å². The summed E-state index contributed by atoms with van der Waals surface area (Å²) in [6.07, 6.45) is 2.32. The van der Waals surface area contributed by atoms with Gasteiger partial charge < -0.3 is 28.4 Å². The third-order valence-electron chi connectivity index (χ3n) is 6.78. The maximum atomic E-state index is 13.8. The Bertz CT molecular complexity index is 1260. The molecule has 0 saturated carbocycles. The van der Waals surface area contributed by atoms with Crippen molar-refractivity contribution in [3.05, 3.63) is 82.8 Å². The number of furan rings is 1. The van der Waals surface area contributed by atoms with Crippen molar-refractivity contribution in [3.63, 3.8) is 0 Å². The number of hydrogen-bond donors (Lipinski definition) is 0. The molecule has 2 aliphatic heterocycles. The summed E-state index contributed by atoms with van der Waals surface area (Å²) in [5, 5.41) is 0.475. The molecular formula is C29H32ClN3O6. The van der Waals surface area contributed by atoms with Crippen LogP contribution in [0.5, 0.6) is 11.5 Å². The molecule has 2 aliphatic rings. The normalized spacial score (nSPS) is 14.8. The zero-order chi connectivity index (χ0) is 27.0. The molecular weight excluding hydrogens is 522 g/mol. The molecule has 0 aliphatic carbocycles. The van der Waals surface area contributed by atoms with Gasteiger partial charge >= 0.3 is 0 Å². The van der Waals surface area contributed by atoms with Gasteiger partial charge in [-0.3, -0.25) is 14.5 Å². The standard InChI is InChI=1S/C29H32ClN3O6/c30-24-5-1-4-23(17-24)29(35)32(10-3-9-31-11-14-36-15-12-31)20-28(34)33(19-25-6-2-13-37-25)18-22-7-8-26-27(16-22)39-21-38-26/h1-2,4-8,13,16-17H,3,9-12,14-15,18-21H2. The molecule has 206 valence electrons. The number of ether oxygens (including phenoxy) is 3. The van der Waals surface area contributed by atoms with Crippen molar-refractivity contribution >= 4 is 23.4 Å². The van der Waals surface area contributed by atoms with Crippen LogP contribution in [0.1, 0.15) is 28.1 Å². The summed E-state index contributed by atoms with van der Waals surface area (Å²) in [5.74, 6) is 1.57. The second-order valence-electron chi connectivity index (χ2n) is 9.56. The highest BCUT2D eigenvalue weighted by molar-refractivity contribution is 6.31. The van der Waals surface area contributed by atoms with Gasteiger partial charge in [-0.05, 0) is 54.4 Å². The lowest BCUT2D eigenvalue weighted by Crippen LogP contribution is -2.44. The van der Waals surface area contributed by atoms with E-state index in [-0.39, 0.29) is 31.7 Å². The Balaban J connectivity index is 1.32. The van der Waals surface area contributed by atoms with Crippen molar-refractivity contribution < 1.29 is 28.2 Å². The Morgan fingerprint density at radius 1 is 0.923 bits per heavy atom. The predicted octanol–water partition coefficient (Wildman–Crippen LogP) is 4.06. The van der Waals surface area contributed by atoms with E-state index in [0.29, 0.717) is 54.1 Å². The molecule has 1 saturated heterocycles. The second-order valence-corrected chi connectivity index (χ2v) is 10.00. The van der Waals surface area contributed by atoms with Gasteiger partial charge in [-0.25, -0.2) is 0 Å². The average Bonchev–Trinajstić information content (AvgIpc) is 3.64. The molecule has 0 radical (unpaired) electrons. The predicted molar refractivity (Wildman–Crippen MR) is 145 cm³/mol. The van der Waals surface area contributed by atoms with E-state index in [0.717, 1.165) is 31.6 Å². The van der Waals surface area contributed by atoms with Crippen LogP contribution in [0, 0.1) is 0 Å². The van der Waals surface area contributed by atoms with E-state index in [1.165, 1.54) is 0 Å². The zero-order valence-corrected chi connectivity index (χ0v) is 22.5. The fourth-order valence-electron chi connectivity index (χ4n) is 4.71. The first kappa shape index (κ1) is 27.1. The van der Waals surface area contributed by atoms with Crippen molar-refractivity contribution in [3.8, 4) is 11.5 Å². The third-order valence-corrected chi connectivity index (χ3v) is 7.02. The molecule has 0 bridgehead atoms. The highest BCUT2D eigenvalue weighted by atomic mass is 35.5. The summed E-state index contributed by atoms with van der Waals surface area (Å²) in [6.45, 7) is 5.13. The van der Waals surface area contributed by atoms with Gasteiger partial charge in [-0.15, -0.1) is 0 Å². The van der Waals surface area contributed by atoms with Crippen molar-refractivity contribution in [2.45, 2.75) is 19.5 Å². The molecule has 2 aromatic carbocycles. The van der Waals surface area contributed by atoms with E-state index in [1.54, 1.807) is 46.4 Å². The minimum absolute atomic E-state index is 0.0697. The van der Waals surface area contributed by atoms with Gasteiger partial charge in [0.05, 0.1) is 26.0 Å². The Kier molecular flexibility index (Phi) is 9.03. The fraction of sp³-hybridized carbons (Fsp3) is 0.379. The van der Waals surface area contributed by atoms with E-state index < -0.39 is 0 Å². The molecule has 3 aromatic rings. The maximum absolute atomic E-state index is 13.8. The second kappa shape index (κ2) is 13.0. The van der Waals surface area contributed by atoms with Crippen molar-refractivity contribution in [1.82, 2.24) is 14.7 Å². The lowest BCUT2D eigenvalue weighted by Gasteiger charge is -2.30. The molecule has 1 fully saturated rings. The Labute approximate surface area is 232 Å². The number of amides is 2. The largest absolute Gasteiger partial charge is 0.467 e. The number of halogens is 1. The van der Waals surface area contributed by atoms with Crippen LogP contribution in [-0.2, 0) is 22.6 Å². The number of hydrogen-bond acceptors (Lipinski definition) is 7. The summed E-state index contributed by atoms with van der Waals surface area (Å²) in [6, 6.07) is 16.1. The molecule has 10 heteroatoms. The monoisotopic (exact) mass is 553 g/mol. The fourth-order valence-corrected chi connectivity index (χ4v) is 4.90. The lowest BCUT2D eigenvalue weighted by atomic mass is 10.1. The lowest BCUT2D eigenvalue weighted by molar-refractivity contribution is -0.133. The molecule has 9 nitrogen and oxygen atoms in total. The van der Waals surface area contributed by atoms with Crippen molar-refractivity contribution in [2.75, 3.05) is 52.7 Å². The molecule has 0 N–H and O–H groups in total. The first-order valence-electron chi connectivity index (χ1n) is 13.1. The summed E-state index contributed by atoms with van der Waals surface area (Å²) in [5.41, 5.74) is 1.34. The van der Waals surface area contributed by atoms with Gasteiger partial charge in [0.1, 0.15) is 12.3 Å². The summed E-state index contributed by atoms with van der Waals surface area (Å²) >= 11 is 6.17. The average molecular weight is 554 g/mol. The van der Waals surface area contributed by atoms with E-state index in [9.17, 15) is 9.59 Å². The van der Waals surface area contributed by atoms with E-state index in [2.05, 4.69) is 4.90 Å². The topological polar surface area (TPSA) is 84.7 Å². The number of morpholine rings is 1. The first-order chi connectivity index (χ1) is 19.0. The number of rotatable bonds is 11. The highest BCUT2D eigenvalue weighted by Crippen LogP contribution is 2.33. The van der Waals surface area contributed by atoms with Crippen LogP contribution in [0.2, 0.25) is 5.02 Å². The van der Waals surface area contributed by atoms with Gasteiger partial charge in [-0.2, -0.15) is 0 Å². The summed E-state index contributed by atoms with van der Waals surface area (Å²) < 4.78 is 21.9. The Hall–Kier alpha value is -3.53. The van der Waals surface area contributed by atoms with Gasteiger partial charge in [0.15, 0.2) is 11.5 Å². The van der Waals surface area contributed by atoms with Crippen LogP contribution in [0.15, 0.2) is 65.3 Å². The Morgan fingerprint density at radius 2 is 1.77 bits per heavy atom. The van der Waals surface area contributed by atoms with Crippen LogP contribution in [0.3, 0.4) is 0 Å². The first-order valence-corrected chi connectivity index (χ1v) is 13.5. The van der Waals surface area contributed by atoms with Crippen molar-refractivity contribution in [2.24, 2.45) is 0 Å². The summed E-state index contributed by atoms with van der Waals surface area (Å²) in [4.78, 5) is 32.9. The minimum Gasteiger partial charge on any atom is -0.467 e. The van der Waals surface area contributed by atoms with Crippen LogP contribution >= 0.6 is 11.6 Å². The number of fused-ring (bicyclic) bond motifs is 1. The zero-order valence-electron chi connectivity index (χ0n) is 21.7. The van der Waals surface area contributed by atoms with Crippen LogP contribution < -0.4 is 9.47 Å². The summed E-state index contributed by atoms with van der Waals surface area (Å²) in [7, 11) is 0. The van der Waals surface area contributed by atoms with Gasteiger partial charge in [0, 0.05) is 43.3 Å². The smallest absolute Gasteiger partial charge is 0.254 e. The molecule has 2 amide bonds. The van der Waals surface area contributed by atoms with Crippen LogP contribution in [0.25, 0.3) is 0 Å². The maximum Gasteiger partial charge on any atom is 0.254 e. The highest BCUT2D eigenvalue weighted by Gasteiger charge is 2.25. The molecule has 39 heavy (non-hydrogen) atoms. The van der Waals surface area contributed by atoms with E-state index >= 15 is 0 Å². The quantitative estimate of drug-likeness (QED) is 0.354. The molecule has 1 aromatic heterocycles. The SMILES string of the molecule is O=C(CN(CCCN1CCOCC1)C(=O)c1cccc(Cl)c1)N(Cc1ccc2c(c1)OCO2)Cc1ccco1. The van der Waals surface area contributed by atoms with Gasteiger partial charge in [0.2, 0.25) is 12.7 Å². The van der Waals surface area contributed by atoms with Crippen LogP contribution in [0.4, 0.5) is 0 Å². The molecule has 0 unspecified atom stereocenters. The van der Waals surface area contributed by atoms with E-state index in [4.69, 9.17) is 30.2 Å². The third kappa shape index (κ3) is 7.32. The van der Waals surface area contributed by atoms with Crippen molar-refractivity contribution in [1.29, 1.82) is 0 Å². The molecule has 5 rings (SSSR count). The van der Waals surface area contributed by atoms with Gasteiger partial charge in [-0.1, -0.05) is 23.7 Å². The number of carbonyl (C=O) groups is 2. The molecule has 3 heterocycles. The van der Waals surface area contributed by atoms with Crippen LogP contribution in [-0.4, -0.2) is 79.2 Å². The number of carbonyl (C=O) groups excluding carboxylic acids is 2. The molecule has 0 spiro atoms. The van der Waals surface area contributed by atoms with E-state index in [1.807, 2.05) is 24.3 Å². The Morgan fingerprint density at radius 3 is 2.56 bits per heavy atom. The minimum atomic E-state index is -0.228. The molecule has 0 atom stereocenters. The number of nitrogens with zero attached hydrogens (tertiary/aromatic N) is 3. The number of benzene rings is 2.